The normalized spacial score (nSPS) is 15.1. The Balaban J connectivity index is 1.90. The van der Waals surface area contributed by atoms with Crippen LogP contribution in [0.5, 0.6) is 5.75 Å². The van der Waals surface area contributed by atoms with Crippen LogP contribution in [0.1, 0.15) is 24.0 Å². The van der Waals surface area contributed by atoms with E-state index in [0.29, 0.717) is 0 Å². The number of carbonyl (C=O) groups is 1. The smallest absolute Gasteiger partial charge is 0.260 e. The maximum Gasteiger partial charge on any atom is 0.260 e. The van der Waals surface area contributed by atoms with Crippen molar-refractivity contribution in [2.24, 2.45) is 0 Å². The highest BCUT2D eigenvalue weighted by Crippen LogP contribution is 2.19. The van der Waals surface area contributed by atoms with E-state index >= 15 is 0 Å². The predicted molar refractivity (Wildman–Crippen MR) is 67.2 cm³/mol. The van der Waals surface area contributed by atoms with Gasteiger partial charge in [-0.1, -0.05) is 17.7 Å². The molecule has 0 unspecified atom stereocenters. The zero-order valence-electron chi connectivity index (χ0n) is 10.5. The van der Waals surface area contributed by atoms with E-state index in [1.165, 1.54) is 5.56 Å². The molecule has 3 heteroatoms. The minimum absolute atomic E-state index is 0.0995. The Hall–Kier alpha value is -1.51. The number of aryl methyl sites for hydroxylation is 2. The van der Waals surface area contributed by atoms with Crippen molar-refractivity contribution in [3.63, 3.8) is 0 Å². The first-order valence-corrected chi connectivity index (χ1v) is 6.14. The van der Waals surface area contributed by atoms with Crippen LogP contribution in [0, 0.1) is 13.8 Å². The molecule has 1 aliphatic rings. The molecule has 1 amide bonds. The third-order valence-electron chi connectivity index (χ3n) is 3.14. The van der Waals surface area contributed by atoms with E-state index in [9.17, 15) is 4.79 Å². The SMILES string of the molecule is Cc1ccc(OCC(=O)N2CCCC2)c(C)c1. The van der Waals surface area contributed by atoms with Gasteiger partial charge in [-0.3, -0.25) is 4.79 Å². The highest BCUT2D eigenvalue weighted by atomic mass is 16.5. The molecular formula is C14H19NO2. The second-order valence-electron chi connectivity index (χ2n) is 4.65. The van der Waals surface area contributed by atoms with E-state index < -0.39 is 0 Å². The minimum atomic E-state index is 0.0995. The molecule has 2 rings (SSSR count). The fraction of sp³-hybridized carbons (Fsp3) is 0.500. The summed E-state index contributed by atoms with van der Waals surface area (Å²) in [5, 5.41) is 0. The van der Waals surface area contributed by atoms with Crippen molar-refractivity contribution in [2.45, 2.75) is 26.7 Å². The zero-order chi connectivity index (χ0) is 12.3. The number of hydrogen-bond donors (Lipinski definition) is 0. The number of likely N-dealkylation sites (tertiary alicyclic amines) is 1. The number of rotatable bonds is 3. The van der Waals surface area contributed by atoms with Gasteiger partial charge >= 0.3 is 0 Å². The van der Waals surface area contributed by atoms with Crippen molar-refractivity contribution in [3.05, 3.63) is 29.3 Å². The van der Waals surface area contributed by atoms with E-state index in [1.54, 1.807) is 0 Å². The highest BCUT2D eigenvalue weighted by molar-refractivity contribution is 5.78. The minimum Gasteiger partial charge on any atom is -0.484 e. The molecule has 1 fully saturated rings. The van der Waals surface area contributed by atoms with Gasteiger partial charge in [0.05, 0.1) is 0 Å². The van der Waals surface area contributed by atoms with Crippen LogP contribution in [-0.2, 0) is 4.79 Å². The molecule has 1 aliphatic heterocycles. The zero-order valence-corrected chi connectivity index (χ0v) is 10.5. The lowest BCUT2D eigenvalue weighted by Gasteiger charge is -2.16. The number of ether oxygens (including phenoxy) is 1. The molecule has 1 heterocycles. The second kappa shape index (κ2) is 5.21. The Labute approximate surface area is 102 Å². The van der Waals surface area contributed by atoms with E-state index in [-0.39, 0.29) is 12.5 Å². The molecular weight excluding hydrogens is 214 g/mol. The monoisotopic (exact) mass is 233 g/mol. The largest absolute Gasteiger partial charge is 0.484 e. The van der Waals surface area contributed by atoms with Crippen LogP contribution >= 0.6 is 0 Å². The van der Waals surface area contributed by atoms with E-state index in [1.807, 2.05) is 30.9 Å². The lowest BCUT2D eigenvalue weighted by atomic mass is 10.1. The maximum absolute atomic E-state index is 11.8. The first-order chi connectivity index (χ1) is 8.16. The molecule has 1 aromatic rings. The van der Waals surface area contributed by atoms with Crippen molar-refractivity contribution in [2.75, 3.05) is 19.7 Å². The maximum atomic E-state index is 11.8. The van der Waals surface area contributed by atoms with Gasteiger partial charge < -0.3 is 9.64 Å². The third-order valence-corrected chi connectivity index (χ3v) is 3.14. The molecule has 92 valence electrons. The van der Waals surface area contributed by atoms with E-state index in [4.69, 9.17) is 4.74 Å². The molecule has 0 saturated carbocycles. The number of amides is 1. The molecule has 0 aromatic heterocycles. The Bertz CT molecular complexity index is 409. The van der Waals surface area contributed by atoms with E-state index in [2.05, 4.69) is 6.07 Å². The van der Waals surface area contributed by atoms with Gasteiger partial charge in [-0.05, 0) is 38.3 Å². The van der Waals surface area contributed by atoms with Crippen LogP contribution in [0.25, 0.3) is 0 Å². The van der Waals surface area contributed by atoms with Crippen LogP contribution in [0.4, 0.5) is 0 Å². The molecule has 0 N–H and O–H groups in total. The van der Waals surface area contributed by atoms with Crippen molar-refractivity contribution >= 4 is 5.91 Å². The average Bonchev–Trinajstić information content (AvgIpc) is 2.81. The number of benzene rings is 1. The molecule has 0 aliphatic carbocycles. The second-order valence-corrected chi connectivity index (χ2v) is 4.65. The molecule has 1 saturated heterocycles. The Morgan fingerprint density at radius 1 is 1.29 bits per heavy atom. The Morgan fingerprint density at radius 2 is 2.00 bits per heavy atom. The third kappa shape index (κ3) is 2.99. The predicted octanol–water partition coefficient (Wildman–Crippen LogP) is 2.30. The molecule has 17 heavy (non-hydrogen) atoms. The van der Waals surface area contributed by atoms with Crippen LogP contribution in [0.3, 0.4) is 0 Å². The summed E-state index contributed by atoms with van der Waals surface area (Å²) in [7, 11) is 0. The van der Waals surface area contributed by atoms with Crippen molar-refractivity contribution in [1.29, 1.82) is 0 Å². The fourth-order valence-electron chi connectivity index (χ4n) is 2.16. The lowest BCUT2D eigenvalue weighted by molar-refractivity contribution is -0.132. The average molecular weight is 233 g/mol. The summed E-state index contributed by atoms with van der Waals surface area (Å²) >= 11 is 0. The van der Waals surface area contributed by atoms with Crippen molar-refractivity contribution in [1.82, 2.24) is 4.90 Å². The van der Waals surface area contributed by atoms with Crippen LogP contribution in [0.15, 0.2) is 18.2 Å². The number of nitrogens with zero attached hydrogens (tertiary/aromatic N) is 1. The summed E-state index contributed by atoms with van der Waals surface area (Å²) in [6.07, 6.45) is 2.24. The number of hydrogen-bond acceptors (Lipinski definition) is 2. The summed E-state index contributed by atoms with van der Waals surface area (Å²) in [6.45, 7) is 5.98. The van der Waals surface area contributed by atoms with Crippen LogP contribution in [0.2, 0.25) is 0 Å². The molecule has 3 nitrogen and oxygen atoms in total. The fourth-order valence-corrected chi connectivity index (χ4v) is 2.16. The topological polar surface area (TPSA) is 29.5 Å². The molecule has 1 aromatic carbocycles. The van der Waals surface area contributed by atoms with E-state index in [0.717, 1.165) is 37.2 Å². The van der Waals surface area contributed by atoms with Crippen molar-refractivity contribution < 1.29 is 9.53 Å². The van der Waals surface area contributed by atoms with Crippen LogP contribution < -0.4 is 4.74 Å². The standard InChI is InChI=1S/C14H19NO2/c1-11-5-6-13(12(2)9-11)17-10-14(16)15-7-3-4-8-15/h5-6,9H,3-4,7-8,10H2,1-2H3. The molecule has 0 atom stereocenters. The van der Waals surface area contributed by atoms with Gasteiger partial charge in [-0.25, -0.2) is 0 Å². The first kappa shape index (κ1) is 12.0. The molecule has 0 spiro atoms. The van der Waals surface area contributed by atoms with Gasteiger partial charge in [-0.2, -0.15) is 0 Å². The summed E-state index contributed by atoms with van der Waals surface area (Å²) in [4.78, 5) is 13.7. The molecule has 0 radical (unpaired) electrons. The summed E-state index contributed by atoms with van der Waals surface area (Å²) in [6, 6.07) is 6.00. The summed E-state index contributed by atoms with van der Waals surface area (Å²) < 4.78 is 5.57. The summed E-state index contributed by atoms with van der Waals surface area (Å²) in [5.74, 6) is 0.908. The van der Waals surface area contributed by atoms with Gasteiger partial charge in [0, 0.05) is 13.1 Å². The van der Waals surface area contributed by atoms with Gasteiger partial charge in [0.2, 0.25) is 0 Å². The Morgan fingerprint density at radius 3 is 2.65 bits per heavy atom. The Kier molecular flexibility index (Phi) is 3.67. The van der Waals surface area contributed by atoms with Crippen molar-refractivity contribution in [3.8, 4) is 5.75 Å². The first-order valence-electron chi connectivity index (χ1n) is 6.14. The van der Waals surface area contributed by atoms with Gasteiger partial charge in [0.1, 0.15) is 5.75 Å². The van der Waals surface area contributed by atoms with Gasteiger partial charge in [0.15, 0.2) is 6.61 Å². The summed E-state index contributed by atoms with van der Waals surface area (Å²) in [5.41, 5.74) is 2.29. The highest BCUT2D eigenvalue weighted by Gasteiger charge is 2.18. The molecule has 0 bridgehead atoms. The number of carbonyl (C=O) groups excluding carboxylic acids is 1. The van der Waals surface area contributed by atoms with Gasteiger partial charge in [0.25, 0.3) is 5.91 Å². The quantitative estimate of drug-likeness (QED) is 0.801. The van der Waals surface area contributed by atoms with Crippen LogP contribution in [-0.4, -0.2) is 30.5 Å². The van der Waals surface area contributed by atoms with Gasteiger partial charge in [-0.15, -0.1) is 0 Å². The lowest BCUT2D eigenvalue weighted by Crippen LogP contribution is -2.32.